The van der Waals surface area contributed by atoms with Crippen LogP contribution in [0, 0.1) is 5.82 Å². The average Bonchev–Trinajstić information content (AvgIpc) is 2.28. The number of amides is 1. The molecule has 1 amide bonds. The number of rotatable bonds is 5. The maximum atomic E-state index is 12.6. The van der Waals surface area contributed by atoms with Gasteiger partial charge in [-0.1, -0.05) is 0 Å². The summed E-state index contributed by atoms with van der Waals surface area (Å²) in [7, 11) is 0. The Kier molecular flexibility index (Phi) is 7.25. The predicted octanol–water partition coefficient (Wildman–Crippen LogP) is 1.09. The molecule has 0 saturated heterocycles. The first-order chi connectivity index (χ1) is 7.61. The smallest absolute Gasteiger partial charge is 0.258 e. The van der Waals surface area contributed by atoms with E-state index in [1.807, 2.05) is 0 Å². The zero-order chi connectivity index (χ0) is 12.0. The van der Waals surface area contributed by atoms with E-state index < -0.39 is 0 Å². The van der Waals surface area contributed by atoms with Gasteiger partial charge >= 0.3 is 0 Å². The number of nitrogens with one attached hydrogen (secondary N) is 1. The highest BCUT2D eigenvalue weighted by atomic mass is 35.5. The minimum absolute atomic E-state index is 0. The van der Waals surface area contributed by atoms with Crippen molar-refractivity contribution in [1.82, 2.24) is 5.32 Å². The Morgan fingerprint density at radius 2 is 2.06 bits per heavy atom. The number of hydrogen-bond donors (Lipinski definition) is 2. The van der Waals surface area contributed by atoms with Crippen LogP contribution < -0.4 is 15.8 Å². The number of ether oxygens (including phenoxy) is 1. The number of benzene rings is 1. The normalized spacial score (nSPS) is 11.2. The molecule has 3 N–H and O–H groups in total. The Morgan fingerprint density at radius 1 is 1.47 bits per heavy atom. The lowest BCUT2D eigenvalue weighted by atomic mass is 10.3. The van der Waals surface area contributed by atoms with E-state index in [0.717, 1.165) is 0 Å². The highest BCUT2D eigenvalue weighted by Crippen LogP contribution is 2.10. The first kappa shape index (κ1) is 15.7. The fourth-order valence-electron chi connectivity index (χ4n) is 1.06. The molecule has 0 saturated carbocycles. The van der Waals surface area contributed by atoms with E-state index in [1.165, 1.54) is 24.3 Å². The molecule has 1 rings (SSSR count). The Labute approximate surface area is 106 Å². The molecular weight excluding hydrogens is 247 g/mol. The zero-order valence-electron chi connectivity index (χ0n) is 9.48. The molecule has 4 nitrogen and oxygen atoms in total. The minimum Gasteiger partial charge on any atom is -0.484 e. The van der Waals surface area contributed by atoms with Crippen molar-refractivity contribution in [3.63, 3.8) is 0 Å². The van der Waals surface area contributed by atoms with Gasteiger partial charge in [0.15, 0.2) is 6.61 Å². The maximum Gasteiger partial charge on any atom is 0.258 e. The predicted molar refractivity (Wildman–Crippen MR) is 65.8 cm³/mol. The molecule has 0 aliphatic heterocycles. The van der Waals surface area contributed by atoms with Crippen LogP contribution in [0.1, 0.15) is 6.92 Å². The van der Waals surface area contributed by atoms with Crippen molar-refractivity contribution < 1.29 is 13.9 Å². The number of carbonyl (C=O) groups is 1. The van der Waals surface area contributed by atoms with Crippen molar-refractivity contribution in [2.45, 2.75) is 13.0 Å². The van der Waals surface area contributed by atoms with E-state index in [9.17, 15) is 9.18 Å². The van der Waals surface area contributed by atoms with Gasteiger partial charge in [0.05, 0.1) is 0 Å². The Hall–Kier alpha value is -1.33. The van der Waals surface area contributed by atoms with Crippen molar-refractivity contribution in [1.29, 1.82) is 0 Å². The lowest BCUT2D eigenvalue weighted by molar-refractivity contribution is -0.123. The van der Waals surface area contributed by atoms with Crippen molar-refractivity contribution in [2.24, 2.45) is 5.73 Å². The maximum absolute atomic E-state index is 12.6. The second-order valence-corrected chi connectivity index (χ2v) is 3.45. The molecule has 1 aromatic carbocycles. The first-order valence-corrected chi connectivity index (χ1v) is 4.99. The minimum atomic E-state index is -0.339. The van der Waals surface area contributed by atoms with Crippen LogP contribution in [-0.4, -0.2) is 25.1 Å². The number of carbonyl (C=O) groups excluding carboxylic acids is 1. The van der Waals surface area contributed by atoms with Gasteiger partial charge in [0.1, 0.15) is 11.6 Å². The first-order valence-electron chi connectivity index (χ1n) is 4.99. The summed E-state index contributed by atoms with van der Waals surface area (Å²) in [6, 6.07) is 5.40. The molecule has 0 aliphatic carbocycles. The second-order valence-electron chi connectivity index (χ2n) is 3.45. The average molecular weight is 263 g/mol. The Bertz CT molecular complexity index is 346. The molecular formula is C11H16ClFN2O2. The summed E-state index contributed by atoms with van der Waals surface area (Å²) in [5.41, 5.74) is 5.35. The van der Waals surface area contributed by atoms with Crippen molar-refractivity contribution in [3.05, 3.63) is 30.1 Å². The molecule has 0 spiro atoms. The highest BCUT2D eigenvalue weighted by Gasteiger charge is 2.06. The van der Waals surface area contributed by atoms with Crippen LogP contribution in [-0.2, 0) is 4.79 Å². The Balaban J connectivity index is 0.00000256. The van der Waals surface area contributed by atoms with Gasteiger partial charge < -0.3 is 15.8 Å². The highest BCUT2D eigenvalue weighted by molar-refractivity contribution is 5.85. The van der Waals surface area contributed by atoms with Gasteiger partial charge in [-0.15, -0.1) is 12.4 Å². The number of hydrogen-bond acceptors (Lipinski definition) is 3. The molecule has 0 aromatic heterocycles. The zero-order valence-corrected chi connectivity index (χ0v) is 10.3. The van der Waals surface area contributed by atoms with Crippen LogP contribution in [0.5, 0.6) is 5.75 Å². The van der Waals surface area contributed by atoms with Gasteiger partial charge in [0.25, 0.3) is 5.91 Å². The van der Waals surface area contributed by atoms with Crippen LogP contribution in [0.15, 0.2) is 24.3 Å². The topological polar surface area (TPSA) is 64.3 Å². The lowest BCUT2D eigenvalue weighted by Crippen LogP contribution is -2.40. The van der Waals surface area contributed by atoms with E-state index in [1.54, 1.807) is 6.92 Å². The molecule has 96 valence electrons. The molecule has 0 aliphatic rings. The van der Waals surface area contributed by atoms with Crippen LogP contribution >= 0.6 is 12.4 Å². The van der Waals surface area contributed by atoms with Crippen molar-refractivity contribution in [3.8, 4) is 5.75 Å². The molecule has 17 heavy (non-hydrogen) atoms. The molecule has 1 aromatic rings. The fraction of sp³-hybridized carbons (Fsp3) is 0.364. The fourth-order valence-corrected chi connectivity index (χ4v) is 1.06. The second kappa shape index (κ2) is 7.86. The van der Waals surface area contributed by atoms with Gasteiger partial charge in [0, 0.05) is 12.6 Å². The monoisotopic (exact) mass is 262 g/mol. The van der Waals surface area contributed by atoms with E-state index in [2.05, 4.69) is 5.32 Å². The number of nitrogens with two attached hydrogens (primary N) is 1. The Morgan fingerprint density at radius 3 is 2.59 bits per heavy atom. The van der Waals surface area contributed by atoms with E-state index >= 15 is 0 Å². The van der Waals surface area contributed by atoms with Gasteiger partial charge in [-0.25, -0.2) is 4.39 Å². The summed E-state index contributed by atoms with van der Waals surface area (Å²) in [5.74, 6) is -0.132. The standard InChI is InChI=1S/C11H15FN2O2.ClH/c1-8(6-13)14-11(15)7-16-10-4-2-9(12)3-5-10;/h2-5,8H,6-7,13H2,1H3,(H,14,15);1H/t8-;/m0./s1. The van der Waals surface area contributed by atoms with Crippen LogP contribution in [0.4, 0.5) is 4.39 Å². The number of halogens is 2. The third kappa shape index (κ3) is 6.09. The van der Waals surface area contributed by atoms with Gasteiger partial charge in [-0.2, -0.15) is 0 Å². The summed E-state index contributed by atoms with van der Waals surface area (Å²) in [5, 5.41) is 2.65. The third-order valence-electron chi connectivity index (χ3n) is 1.94. The van der Waals surface area contributed by atoms with Gasteiger partial charge in [0.2, 0.25) is 0 Å². The van der Waals surface area contributed by atoms with Crippen LogP contribution in [0.3, 0.4) is 0 Å². The summed E-state index contributed by atoms with van der Waals surface area (Å²) < 4.78 is 17.7. The van der Waals surface area contributed by atoms with E-state index in [4.69, 9.17) is 10.5 Å². The lowest BCUT2D eigenvalue weighted by Gasteiger charge is -2.11. The molecule has 1 atom stereocenters. The van der Waals surface area contributed by atoms with E-state index in [0.29, 0.717) is 12.3 Å². The molecule has 0 heterocycles. The summed E-state index contributed by atoms with van der Waals surface area (Å²) in [4.78, 5) is 11.3. The molecule has 0 radical (unpaired) electrons. The third-order valence-corrected chi connectivity index (χ3v) is 1.94. The van der Waals surface area contributed by atoms with Gasteiger partial charge in [-0.3, -0.25) is 4.79 Å². The molecule has 6 heteroatoms. The van der Waals surface area contributed by atoms with Gasteiger partial charge in [-0.05, 0) is 31.2 Å². The molecule has 0 unspecified atom stereocenters. The van der Waals surface area contributed by atoms with Crippen molar-refractivity contribution in [2.75, 3.05) is 13.2 Å². The van der Waals surface area contributed by atoms with Crippen LogP contribution in [0.2, 0.25) is 0 Å². The SMILES string of the molecule is C[C@@H](CN)NC(=O)COc1ccc(F)cc1.Cl. The summed E-state index contributed by atoms with van der Waals surface area (Å²) >= 11 is 0. The summed E-state index contributed by atoms with van der Waals surface area (Å²) in [6.45, 7) is 2.08. The molecule has 0 bridgehead atoms. The quantitative estimate of drug-likeness (QED) is 0.835. The van der Waals surface area contributed by atoms with E-state index in [-0.39, 0.29) is 36.8 Å². The molecule has 0 fully saturated rings. The largest absolute Gasteiger partial charge is 0.484 e. The van der Waals surface area contributed by atoms with Crippen molar-refractivity contribution >= 4 is 18.3 Å². The van der Waals surface area contributed by atoms with Crippen LogP contribution in [0.25, 0.3) is 0 Å². The summed E-state index contributed by atoms with van der Waals surface area (Å²) in [6.07, 6.45) is 0.